The molecule has 0 aliphatic carbocycles. The molecule has 1 atom stereocenters. The lowest BCUT2D eigenvalue weighted by atomic mass is 10.1. The molecule has 1 fully saturated rings. The summed E-state index contributed by atoms with van der Waals surface area (Å²) in [5.74, 6) is -0.0201. The summed E-state index contributed by atoms with van der Waals surface area (Å²) in [6, 6.07) is 19.6. The molecule has 1 aliphatic heterocycles. The van der Waals surface area contributed by atoms with E-state index in [2.05, 4.69) is 0 Å². The van der Waals surface area contributed by atoms with E-state index in [1.54, 1.807) is 22.9 Å². The minimum atomic E-state index is -0.465. The number of amides is 1. The Labute approximate surface area is 213 Å². The van der Waals surface area contributed by atoms with E-state index in [9.17, 15) is 9.18 Å². The van der Waals surface area contributed by atoms with E-state index in [0.717, 1.165) is 29.8 Å². The normalized spacial score (nSPS) is 15.2. The van der Waals surface area contributed by atoms with Crippen molar-refractivity contribution >= 4 is 17.2 Å². The van der Waals surface area contributed by atoms with Gasteiger partial charge in [-0.15, -0.1) is 11.3 Å². The summed E-state index contributed by atoms with van der Waals surface area (Å²) in [6.07, 6.45) is 2.51. The number of hydrogen-bond donors (Lipinski definition) is 0. The summed E-state index contributed by atoms with van der Waals surface area (Å²) in [7, 11) is 0. The lowest BCUT2D eigenvalue weighted by Crippen LogP contribution is -2.36. The predicted octanol–water partition coefficient (Wildman–Crippen LogP) is 6.25. The molecule has 1 amide bonds. The Bertz CT molecular complexity index is 1300. The first-order valence-corrected chi connectivity index (χ1v) is 13.0. The van der Waals surface area contributed by atoms with Crippen LogP contribution in [-0.2, 0) is 17.7 Å². The topological polar surface area (TPSA) is 56.6 Å². The predicted molar refractivity (Wildman–Crippen MR) is 137 cm³/mol. The van der Waals surface area contributed by atoms with E-state index in [4.69, 9.17) is 14.6 Å². The van der Waals surface area contributed by atoms with Gasteiger partial charge < -0.3 is 14.4 Å². The minimum absolute atomic E-state index is 0.0147. The summed E-state index contributed by atoms with van der Waals surface area (Å²) >= 11 is 1.41. The molecule has 1 saturated heterocycles. The Morgan fingerprint density at radius 1 is 1.17 bits per heavy atom. The molecule has 0 N–H and O–H groups in total. The molecule has 0 unspecified atom stereocenters. The highest BCUT2D eigenvalue weighted by Gasteiger charge is 2.29. The number of carbonyl (C=O) groups excluding carboxylic acids is 1. The van der Waals surface area contributed by atoms with Gasteiger partial charge in [0.05, 0.1) is 34.5 Å². The van der Waals surface area contributed by atoms with Crippen molar-refractivity contribution in [2.45, 2.75) is 38.8 Å². The number of aryl methyl sites for hydroxylation is 1. The molecule has 2 aromatic carbocycles. The van der Waals surface area contributed by atoms with Crippen LogP contribution in [0.2, 0.25) is 0 Å². The Balaban J connectivity index is 1.58. The number of thiophene rings is 1. The molecule has 186 valence electrons. The first-order valence-electron chi connectivity index (χ1n) is 12.2. The van der Waals surface area contributed by atoms with Crippen LogP contribution in [0.1, 0.15) is 40.7 Å². The summed E-state index contributed by atoms with van der Waals surface area (Å²) < 4.78 is 28.4. The molecule has 6 nitrogen and oxygen atoms in total. The van der Waals surface area contributed by atoms with Gasteiger partial charge >= 0.3 is 0 Å². The third kappa shape index (κ3) is 5.20. The third-order valence-corrected chi connectivity index (χ3v) is 7.07. The van der Waals surface area contributed by atoms with Crippen molar-refractivity contribution in [2.75, 3.05) is 13.2 Å². The monoisotopic (exact) mass is 505 g/mol. The van der Waals surface area contributed by atoms with E-state index in [0.29, 0.717) is 30.3 Å². The molecule has 36 heavy (non-hydrogen) atoms. The van der Waals surface area contributed by atoms with Gasteiger partial charge in [0, 0.05) is 13.2 Å². The van der Waals surface area contributed by atoms with Crippen LogP contribution in [0, 0.1) is 5.82 Å². The highest BCUT2D eigenvalue weighted by molar-refractivity contribution is 7.12. The second kappa shape index (κ2) is 11.1. The van der Waals surface area contributed by atoms with Gasteiger partial charge in [-0.05, 0) is 55.0 Å². The molecule has 4 aromatic rings. The Morgan fingerprint density at radius 2 is 1.97 bits per heavy atom. The smallest absolute Gasteiger partial charge is 0.264 e. The van der Waals surface area contributed by atoms with Crippen molar-refractivity contribution in [3.8, 4) is 17.3 Å². The van der Waals surface area contributed by atoms with Gasteiger partial charge in [-0.1, -0.05) is 43.3 Å². The average molecular weight is 506 g/mol. The molecule has 0 bridgehead atoms. The third-order valence-electron chi connectivity index (χ3n) is 6.21. The van der Waals surface area contributed by atoms with Crippen LogP contribution in [0.25, 0.3) is 5.69 Å². The number of carbonyl (C=O) groups is 1. The SMILES string of the molecule is CCc1nn(-c2ccccc2)c(Oc2ccccc2F)c1CN(C[C@H]1CCCO1)C(=O)c1cccs1. The standard InChI is InChI=1S/C28H28FN3O3S/c1-2-24-22(19-31(18-21-12-8-16-34-21)27(33)26-15-9-17-36-26)28(35-25-14-7-6-13-23(25)29)32(30-24)20-10-4-3-5-11-20/h3-7,9-11,13-15,17,21H,2,8,12,16,18-19H2,1H3/t21-/m1/s1. The van der Waals surface area contributed by atoms with Crippen LogP contribution in [-0.4, -0.2) is 39.8 Å². The van der Waals surface area contributed by atoms with Gasteiger partial charge in [0.2, 0.25) is 5.88 Å². The fourth-order valence-corrected chi connectivity index (χ4v) is 5.09. The van der Waals surface area contributed by atoms with E-state index < -0.39 is 5.82 Å². The summed E-state index contributed by atoms with van der Waals surface area (Å²) in [4.78, 5) is 16.0. The summed E-state index contributed by atoms with van der Waals surface area (Å²) in [5.41, 5.74) is 2.34. The Morgan fingerprint density at radius 3 is 2.67 bits per heavy atom. The first kappa shape index (κ1) is 24.2. The maximum absolute atomic E-state index is 14.6. The fraction of sp³-hybridized carbons (Fsp3) is 0.286. The number of para-hydroxylation sites is 2. The van der Waals surface area contributed by atoms with Gasteiger partial charge in [0.1, 0.15) is 0 Å². The average Bonchev–Trinajstić information content (AvgIpc) is 3.68. The molecule has 0 radical (unpaired) electrons. The maximum atomic E-state index is 14.6. The largest absolute Gasteiger partial charge is 0.435 e. The molecule has 0 spiro atoms. The number of rotatable bonds is 9. The van der Waals surface area contributed by atoms with Crippen molar-refractivity contribution in [1.29, 1.82) is 0 Å². The zero-order valence-corrected chi connectivity index (χ0v) is 20.9. The molecule has 2 aromatic heterocycles. The second-order valence-corrected chi connectivity index (χ2v) is 9.61. The summed E-state index contributed by atoms with van der Waals surface area (Å²) in [5, 5.41) is 6.73. The number of benzene rings is 2. The molecule has 3 heterocycles. The number of nitrogens with zero attached hydrogens (tertiary/aromatic N) is 3. The Hall–Kier alpha value is -3.49. The molecule has 8 heteroatoms. The minimum Gasteiger partial charge on any atom is -0.435 e. The van der Waals surface area contributed by atoms with Gasteiger partial charge in [0.25, 0.3) is 5.91 Å². The summed E-state index contributed by atoms with van der Waals surface area (Å²) in [6.45, 7) is 3.46. The molecule has 5 rings (SSSR count). The van der Waals surface area contributed by atoms with Crippen LogP contribution in [0.4, 0.5) is 4.39 Å². The molecule has 1 aliphatic rings. The number of hydrogen-bond acceptors (Lipinski definition) is 5. The molecular weight excluding hydrogens is 477 g/mol. The lowest BCUT2D eigenvalue weighted by molar-refractivity contribution is 0.0509. The van der Waals surface area contributed by atoms with Crippen molar-refractivity contribution in [3.05, 3.63) is 94.1 Å². The van der Waals surface area contributed by atoms with Gasteiger partial charge in [-0.2, -0.15) is 5.10 Å². The zero-order valence-electron chi connectivity index (χ0n) is 20.1. The van der Waals surface area contributed by atoms with Crippen molar-refractivity contribution < 1.29 is 18.7 Å². The number of ether oxygens (including phenoxy) is 2. The van der Waals surface area contributed by atoms with Crippen LogP contribution >= 0.6 is 11.3 Å². The van der Waals surface area contributed by atoms with Crippen LogP contribution < -0.4 is 4.74 Å². The van der Waals surface area contributed by atoms with Crippen molar-refractivity contribution in [2.24, 2.45) is 0 Å². The van der Waals surface area contributed by atoms with Crippen molar-refractivity contribution in [1.82, 2.24) is 14.7 Å². The highest BCUT2D eigenvalue weighted by Crippen LogP contribution is 2.34. The Kier molecular flexibility index (Phi) is 7.44. The lowest BCUT2D eigenvalue weighted by Gasteiger charge is -2.25. The van der Waals surface area contributed by atoms with E-state index >= 15 is 0 Å². The number of halogens is 1. The van der Waals surface area contributed by atoms with Crippen LogP contribution in [0.3, 0.4) is 0 Å². The zero-order chi connectivity index (χ0) is 24.9. The van der Waals surface area contributed by atoms with E-state index in [1.807, 2.05) is 59.7 Å². The second-order valence-electron chi connectivity index (χ2n) is 8.66. The van der Waals surface area contributed by atoms with Crippen molar-refractivity contribution in [3.63, 3.8) is 0 Å². The maximum Gasteiger partial charge on any atom is 0.264 e. The molecule has 0 saturated carbocycles. The van der Waals surface area contributed by atoms with Gasteiger partial charge in [-0.25, -0.2) is 9.07 Å². The van der Waals surface area contributed by atoms with E-state index in [-0.39, 0.29) is 24.3 Å². The highest BCUT2D eigenvalue weighted by atomic mass is 32.1. The molecular formula is C28H28FN3O3S. The fourth-order valence-electron chi connectivity index (χ4n) is 4.40. The van der Waals surface area contributed by atoms with Crippen LogP contribution in [0.15, 0.2) is 72.1 Å². The van der Waals surface area contributed by atoms with Gasteiger partial charge in [0.15, 0.2) is 11.6 Å². The van der Waals surface area contributed by atoms with Gasteiger partial charge in [-0.3, -0.25) is 4.79 Å². The van der Waals surface area contributed by atoms with Crippen LogP contribution in [0.5, 0.6) is 11.6 Å². The first-order chi connectivity index (χ1) is 17.6. The number of aromatic nitrogens is 2. The quantitative estimate of drug-likeness (QED) is 0.270. The van der Waals surface area contributed by atoms with E-state index in [1.165, 1.54) is 17.4 Å².